The van der Waals surface area contributed by atoms with E-state index in [1.807, 2.05) is 101 Å². The van der Waals surface area contributed by atoms with Crippen LogP contribution in [0.3, 0.4) is 0 Å². The van der Waals surface area contributed by atoms with E-state index >= 15 is 0 Å². The summed E-state index contributed by atoms with van der Waals surface area (Å²) in [5, 5.41) is 9.96. The van der Waals surface area contributed by atoms with Crippen LogP contribution in [0.2, 0.25) is 0 Å². The average molecular weight is 421 g/mol. The van der Waals surface area contributed by atoms with Gasteiger partial charge < -0.3 is 10.0 Å². The normalized spacial score (nSPS) is 15.7. The Morgan fingerprint density at radius 2 is 1.52 bits per heavy atom. The smallest absolute Gasteiger partial charge is 0.408 e. The first kappa shape index (κ1) is 22.6. The average Bonchev–Trinajstić information content (AvgIpc) is 2.67. The Kier molecular flexibility index (Phi) is 6.25. The highest BCUT2D eigenvalue weighted by molar-refractivity contribution is 6.28. The van der Waals surface area contributed by atoms with Crippen LogP contribution in [0, 0.1) is 0 Å². The van der Waals surface area contributed by atoms with Gasteiger partial charge in [-0.15, -0.1) is 0 Å². The van der Waals surface area contributed by atoms with Gasteiger partial charge in [0.05, 0.1) is 5.54 Å². The van der Waals surface area contributed by atoms with Crippen LogP contribution < -0.4 is 0 Å². The Morgan fingerprint density at radius 1 is 0.935 bits per heavy atom. The summed E-state index contributed by atoms with van der Waals surface area (Å²) in [6.45, 7) is 5.78. The van der Waals surface area contributed by atoms with Gasteiger partial charge in [-0.3, -0.25) is 9.69 Å². The summed E-state index contributed by atoms with van der Waals surface area (Å²) >= 11 is 0. The van der Waals surface area contributed by atoms with Crippen molar-refractivity contribution >= 4 is 17.4 Å². The van der Waals surface area contributed by atoms with E-state index in [9.17, 15) is 14.7 Å². The van der Waals surface area contributed by atoms with Crippen molar-refractivity contribution in [1.29, 1.82) is 0 Å². The molecule has 1 amide bonds. The van der Waals surface area contributed by atoms with Gasteiger partial charge in [0.1, 0.15) is 0 Å². The number of benzene rings is 2. The summed E-state index contributed by atoms with van der Waals surface area (Å²) in [7, 11) is 3.79. The molecule has 0 spiro atoms. The fourth-order valence-electron chi connectivity index (χ4n) is 4.49. The van der Waals surface area contributed by atoms with Crippen LogP contribution in [-0.4, -0.2) is 46.4 Å². The quantitative estimate of drug-likeness (QED) is 0.486. The summed E-state index contributed by atoms with van der Waals surface area (Å²) in [5.74, 6) is -0.0555. The lowest BCUT2D eigenvalue weighted by Crippen LogP contribution is -2.60. The van der Waals surface area contributed by atoms with Crippen LogP contribution in [0.15, 0.2) is 60.8 Å². The molecule has 0 aliphatic heterocycles. The minimum Gasteiger partial charge on any atom is -0.465 e. The standard InChI is InChI=1S/C26H32N2O3/c1-25(2,3)28(24(30)31)26(16-9-17-26)21-14-12-20(13-15-21)23(29)22(18-27(4)5)19-10-7-6-8-11-19/h6-8,10-15,18H,9,16-17H2,1-5H3,(H,30,31). The van der Waals surface area contributed by atoms with E-state index in [1.54, 1.807) is 4.90 Å². The van der Waals surface area contributed by atoms with E-state index in [1.165, 1.54) is 0 Å². The van der Waals surface area contributed by atoms with Crippen molar-refractivity contribution in [2.75, 3.05) is 14.1 Å². The number of carbonyl (C=O) groups is 2. The largest absolute Gasteiger partial charge is 0.465 e. The predicted octanol–water partition coefficient (Wildman–Crippen LogP) is 5.63. The molecule has 0 radical (unpaired) electrons. The van der Waals surface area contributed by atoms with Gasteiger partial charge in [0, 0.05) is 37.0 Å². The highest BCUT2D eigenvalue weighted by Crippen LogP contribution is 2.49. The highest BCUT2D eigenvalue weighted by Gasteiger charge is 2.50. The molecule has 0 bridgehead atoms. The maximum absolute atomic E-state index is 13.3. The molecule has 1 saturated carbocycles. The lowest BCUT2D eigenvalue weighted by Gasteiger charge is -2.54. The van der Waals surface area contributed by atoms with Crippen LogP contribution in [0.25, 0.3) is 5.57 Å². The highest BCUT2D eigenvalue weighted by atomic mass is 16.4. The minimum absolute atomic E-state index is 0.0555. The third-order valence-corrected chi connectivity index (χ3v) is 5.87. The molecule has 0 aromatic heterocycles. The van der Waals surface area contributed by atoms with Gasteiger partial charge >= 0.3 is 6.09 Å². The SMILES string of the molecule is CN(C)C=C(C(=O)c1ccc(C2(N(C(=O)O)C(C)(C)C)CCC2)cc1)c1ccccc1. The molecule has 1 fully saturated rings. The molecule has 0 saturated heterocycles. The Bertz CT molecular complexity index is 966. The molecule has 31 heavy (non-hydrogen) atoms. The van der Waals surface area contributed by atoms with E-state index in [0.717, 1.165) is 30.4 Å². The minimum atomic E-state index is -0.910. The van der Waals surface area contributed by atoms with Crippen LogP contribution in [-0.2, 0) is 5.54 Å². The van der Waals surface area contributed by atoms with E-state index in [-0.39, 0.29) is 5.78 Å². The fourth-order valence-corrected chi connectivity index (χ4v) is 4.49. The number of hydrogen-bond acceptors (Lipinski definition) is 3. The molecule has 2 aromatic rings. The Labute approximate surface area is 185 Å². The molecular formula is C26H32N2O3. The summed E-state index contributed by atoms with van der Waals surface area (Å²) in [4.78, 5) is 28.9. The molecule has 0 unspecified atom stereocenters. The van der Waals surface area contributed by atoms with Gasteiger partial charge in [0.2, 0.25) is 0 Å². The second kappa shape index (κ2) is 8.58. The Hall–Kier alpha value is -3.08. The van der Waals surface area contributed by atoms with Crippen molar-refractivity contribution in [2.24, 2.45) is 0 Å². The molecule has 0 heterocycles. The van der Waals surface area contributed by atoms with Crippen molar-refractivity contribution in [2.45, 2.75) is 51.1 Å². The first-order valence-electron chi connectivity index (χ1n) is 10.7. The van der Waals surface area contributed by atoms with Crippen LogP contribution >= 0.6 is 0 Å². The summed E-state index contributed by atoms with van der Waals surface area (Å²) in [6.07, 6.45) is 3.50. The number of nitrogens with zero attached hydrogens (tertiary/aromatic N) is 2. The molecule has 5 nitrogen and oxygen atoms in total. The van der Waals surface area contributed by atoms with Gasteiger partial charge in [-0.1, -0.05) is 54.6 Å². The molecule has 2 aromatic carbocycles. The number of ketones is 1. The number of carboxylic acid groups (broad SMARTS) is 1. The second-order valence-corrected chi connectivity index (χ2v) is 9.45. The van der Waals surface area contributed by atoms with Gasteiger partial charge in [-0.2, -0.15) is 0 Å². The number of hydrogen-bond donors (Lipinski definition) is 1. The number of allylic oxidation sites excluding steroid dienone is 1. The zero-order valence-electron chi connectivity index (χ0n) is 19.1. The van der Waals surface area contributed by atoms with Gasteiger partial charge in [-0.25, -0.2) is 4.79 Å². The molecule has 3 rings (SSSR count). The lowest BCUT2D eigenvalue weighted by molar-refractivity contribution is -0.0328. The third kappa shape index (κ3) is 4.50. The van der Waals surface area contributed by atoms with Crippen LogP contribution in [0.5, 0.6) is 0 Å². The van der Waals surface area contributed by atoms with Crippen molar-refractivity contribution in [3.05, 3.63) is 77.5 Å². The Balaban J connectivity index is 1.97. The van der Waals surface area contributed by atoms with Gasteiger partial charge in [-0.05, 0) is 51.2 Å². The zero-order chi connectivity index (χ0) is 22.8. The van der Waals surface area contributed by atoms with E-state index < -0.39 is 17.2 Å². The molecule has 1 aliphatic rings. The summed E-state index contributed by atoms with van der Waals surface area (Å²) in [6, 6.07) is 17.1. The van der Waals surface area contributed by atoms with Crippen molar-refractivity contribution in [3.63, 3.8) is 0 Å². The van der Waals surface area contributed by atoms with E-state index in [0.29, 0.717) is 11.1 Å². The monoisotopic (exact) mass is 420 g/mol. The number of amides is 1. The topological polar surface area (TPSA) is 60.9 Å². The van der Waals surface area contributed by atoms with Crippen LogP contribution in [0.1, 0.15) is 61.5 Å². The first-order chi connectivity index (χ1) is 14.6. The molecular weight excluding hydrogens is 388 g/mol. The molecule has 1 aliphatic carbocycles. The number of rotatable bonds is 6. The maximum atomic E-state index is 13.3. The van der Waals surface area contributed by atoms with Crippen LogP contribution in [0.4, 0.5) is 4.79 Å². The molecule has 5 heteroatoms. The predicted molar refractivity (Wildman–Crippen MR) is 124 cm³/mol. The third-order valence-electron chi connectivity index (χ3n) is 5.87. The van der Waals surface area contributed by atoms with Crippen molar-refractivity contribution in [1.82, 2.24) is 9.80 Å². The number of carbonyl (C=O) groups excluding carboxylic acids is 1. The summed E-state index contributed by atoms with van der Waals surface area (Å²) in [5.41, 5.74) is 1.98. The molecule has 1 N–H and O–H groups in total. The van der Waals surface area contributed by atoms with Gasteiger partial charge in [0.15, 0.2) is 5.78 Å². The fraction of sp³-hybridized carbons (Fsp3) is 0.385. The Morgan fingerprint density at radius 3 is 1.94 bits per heavy atom. The van der Waals surface area contributed by atoms with E-state index in [4.69, 9.17) is 0 Å². The first-order valence-corrected chi connectivity index (χ1v) is 10.7. The zero-order valence-corrected chi connectivity index (χ0v) is 19.1. The number of Topliss-reactive ketones (excluding diaryl/α,β-unsaturated/α-hetero) is 1. The summed E-state index contributed by atoms with van der Waals surface area (Å²) < 4.78 is 0. The second-order valence-electron chi connectivity index (χ2n) is 9.45. The van der Waals surface area contributed by atoms with E-state index in [2.05, 4.69) is 0 Å². The van der Waals surface area contributed by atoms with Crippen molar-refractivity contribution < 1.29 is 14.7 Å². The molecule has 0 atom stereocenters. The maximum Gasteiger partial charge on any atom is 0.408 e. The van der Waals surface area contributed by atoms with Gasteiger partial charge in [0.25, 0.3) is 0 Å². The lowest BCUT2D eigenvalue weighted by atomic mass is 9.69. The van der Waals surface area contributed by atoms with Crippen molar-refractivity contribution in [3.8, 4) is 0 Å². The molecule has 164 valence electrons.